The maximum atomic E-state index is 11.8. The second-order valence-corrected chi connectivity index (χ2v) is 5.35. The number of carbonyl (C=O) groups is 1. The molecule has 0 aliphatic carbocycles. The van der Waals surface area contributed by atoms with Crippen LogP contribution in [0.4, 0.5) is 0 Å². The zero-order valence-electron chi connectivity index (χ0n) is 8.92. The van der Waals surface area contributed by atoms with Crippen molar-refractivity contribution in [3.63, 3.8) is 0 Å². The zero-order valence-corrected chi connectivity index (χ0v) is 9.73. The number of nitrogens with zero attached hydrogens (tertiary/aromatic N) is 1. The van der Waals surface area contributed by atoms with Gasteiger partial charge in [0.05, 0.1) is 17.2 Å². The Morgan fingerprint density at radius 3 is 2.43 bits per heavy atom. The van der Waals surface area contributed by atoms with Crippen LogP contribution in [0.5, 0.6) is 0 Å². The maximum Gasteiger partial charge on any atom is 0.196 e. The van der Waals surface area contributed by atoms with Gasteiger partial charge in [-0.05, 0) is 6.92 Å². The number of Topliss-reactive ketones (excluding diaryl/α,β-unsaturated/α-hetero) is 1. The first kappa shape index (κ1) is 11.3. The molecule has 4 heteroatoms. The molecule has 0 saturated heterocycles. The van der Waals surface area contributed by atoms with E-state index < -0.39 is 5.41 Å². The Bertz CT molecular complexity index is 349. The van der Waals surface area contributed by atoms with Gasteiger partial charge in [-0.25, -0.2) is 4.98 Å². The first-order chi connectivity index (χ1) is 6.36. The molecular formula is C10H15NO2S. The number of carbonyl (C=O) groups excluding carboxylic acids is 1. The minimum absolute atomic E-state index is 0.0327. The van der Waals surface area contributed by atoms with Gasteiger partial charge in [-0.15, -0.1) is 11.3 Å². The van der Waals surface area contributed by atoms with Crippen molar-refractivity contribution in [2.24, 2.45) is 5.41 Å². The maximum absolute atomic E-state index is 11.8. The molecule has 0 aliphatic rings. The van der Waals surface area contributed by atoms with Crippen LogP contribution in [0.2, 0.25) is 0 Å². The fourth-order valence-corrected chi connectivity index (χ4v) is 2.07. The van der Waals surface area contributed by atoms with E-state index in [0.717, 1.165) is 10.6 Å². The lowest BCUT2D eigenvalue weighted by molar-refractivity contribution is 0.0858. The van der Waals surface area contributed by atoms with E-state index in [4.69, 9.17) is 5.11 Å². The largest absolute Gasteiger partial charge is 0.391 e. The van der Waals surface area contributed by atoms with Gasteiger partial charge in [0.15, 0.2) is 10.8 Å². The zero-order chi connectivity index (χ0) is 10.9. The highest BCUT2D eigenvalue weighted by molar-refractivity contribution is 7.13. The summed E-state index contributed by atoms with van der Waals surface area (Å²) >= 11 is 1.28. The van der Waals surface area contributed by atoms with Crippen molar-refractivity contribution in [3.05, 3.63) is 15.6 Å². The Hall–Kier alpha value is -0.740. The highest BCUT2D eigenvalue weighted by Gasteiger charge is 2.26. The van der Waals surface area contributed by atoms with Crippen LogP contribution in [0, 0.1) is 12.3 Å². The summed E-state index contributed by atoms with van der Waals surface area (Å²) in [5.74, 6) is 0.0327. The van der Waals surface area contributed by atoms with Gasteiger partial charge in [0.1, 0.15) is 0 Å². The van der Waals surface area contributed by atoms with Crippen LogP contribution in [0.1, 0.15) is 41.1 Å². The van der Waals surface area contributed by atoms with Crippen LogP contribution in [-0.4, -0.2) is 15.9 Å². The van der Waals surface area contributed by atoms with E-state index in [0.29, 0.717) is 5.01 Å². The number of thiazole rings is 1. The summed E-state index contributed by atoms with van der Waals surface area (Å²) in [4.78, 5) is 16.7. The monoisotopic (exact) mass is 213 g/mol. The molecule has 0 aromatic carbocycles. The molecular weight excluding hydrogens is 198 g/mol. The molecule has 0 amide bonds. The summed E-state index contributed by atoms with van der Waals surface area (Å²) in [6, 6.07) is 0. The van der Waals surface area contributed by atoms with Gasteiger partial charge in [-0.2, -0.15) is 0 Å². The number of ketones is 1. The van der Waals surface area contributed by atoms with Gasteiger partial charge in [0, 0.05) is 5.41 Å². The van der Waals surface area contributed by atoms with Crippen LogP contribution in [-0.2, 0) is 6.61 Å². The average Bonchev–Trinajstić information content (AvgIpc) is 2.43. The Morgan fingerprint density at radius 2 is 2.07 bits per heavy atom. The molecule has 0 unspecified atom stereocenters. The first-order valence-electron chi connectivity index (χ1n) is 4.48. The second-order valence-electron chi connectivity index (χ2n) is 4.26. The van der Waals surface area contributed by atoms with E-state index in [1.807, 2.05) is 27.7 Å². The van der Waals surface area contributed by atoms with Gasteiger partial charge in [-0.1, -0.05) is 20.8 Å². The minimum Gasteiger partial charge on any atom is -0.391 e. The molecule has 0 saturated carbocycles. The van der Waals surface area contributed by atoms with Crippen LogP contribution >= 0.6 is 11.3 Å². The lowest BCUT2D eigenvalue weighted by Crippen LogP contribution is -2.19. The number of hydrogen-bond donors (Lipinski definition) is 1. The number of hydrogen-bond acceptors (Lipinski definition) is 4. The third-order valence-corrected chi connectivity index (χ3v) is 3.05. The standard InChI is InChI=1S/C10H15NO2S/c1-6-7(5-12)14-9(11-6)8(13)10(2,3)4/h12H,5H2,1-4H3. The number of aliphatic hydroxyl groups is 1. The molecule has 0 bridgehead atoms. The fourth-order valence-electron chi connectivity index (χ4n) is 0.993. The normalized spacial score (nSPS) is 11.8. The van der Waals surface area contributed by atoms with Crippen LogP contribution in [0.15, 0.2) is 0 Å². The topological polar surface area (TPSA) is 50.2 Å². The van der Waals surface area contributed by atoms with E-state index in [1.54, 1.807) is 0 Å². The van der Waals surface area contributed by atoms with E-state index in [9.17, 15) is 4.79 Å². The van der Waals surface area contributed by atoms with Crippen LogP contribution in [0.3, 0.4) is 0 Å². The third kappa shape index (κ3) is 2.19. The molecule has 14 heavy (non-hydrogen) atoms. The van der Waals surface area contributed by atoms with Crippen molar-refractivity contribution in [3.8, 4) is 0 Å². The molecule has 1 heterocycles. The molecule has 0 aliphatic heterocycles. The van der Waals surface area contributed by atoms with Gasteiger partial charge >= 0.3 is 0 Å². The van der Waals surface area contributed by atoms with Crippen molar-refractivity contribution in [2.75, 3.05) is 0 Å². The summed E-state index contributed by atoms with van der Waals surface area (Å²) in [6.07, 6.45) is 0. The lowest BCUT2D eigenvalue weighted by atomic mass is 9.91. The summed E-state index contributed by atoms with van der Waals surface area (Å²) in [7, 11) is 0. The van der Waals surface area contributed by atoms with E-state index >= 15 is 0 Å². The Morgan fingerprint density at radius 1 is 1.50 bits per heavy atom. The van der Waals surface area contributed by atoms with Crippen molar-refractivity contribution in [2.45, 2.75) is 34.3 Å². The molecule has 0 radical (unpaired) electrons. The molecule has 1 aromatic rings. The predicted molar refractivity (Wildman–Crippen MR) is 56.6 cm³/mol. The van der Waals surface area contributed by atoms with Crippen molar-refractivity contribution in [1.29, 1.82) is 0 Å². The molecule has 78 valence electrons. The number of rotatable bonds is 2. The van der Waals surface area contributed by atoms with Crippen molar-refractivity contribution in [1.82, 2.24) is 4.98 Å². The van der Waals surface area contributed by atoms with E-state index in [1.165, 1.54) is 11.3 Å². The molecule has 0 atom stereocenters. The Balaban J connectivity index is 3.03. The SMILES string of the molecule is Cc1nc(C(=O)C(C)(C)C)sc1CO. The first-order valence-corrected chi connectivity index (χ1v) is 5.30. The smallest absolute Gasteiger partial charge is 0.196 e. The summed E-state index contributed by atoms with van der Waals surface area (Å²) in [5, 5.41) is 9.47. The molecule has 1 N–H and O–H groups in total. The number of aliphatic hydroxyl groups excluding tert-OH is 1. The van der Waals surface area contributed by atoms with Gasteiger partial charge in [0.2, 0.25) is 0 Å². The summed E-state index contributed by atoms with van der Waals surface area (Å²) in [6.45, 7) is 7.36. The molecule has 1 aromatic heterocycles. The molecule has 0 spiro atoms. The van der Waals surface area contributed by atoms with Crippen molar-refractivity contribution >= 4 is 17.1 Å². The molecule has 1 rings (SSSR count). The van der Waals surface area contributed by atoms with Gasteiger partial charge < -0.3 is 5.11 Å². The second kappa shape index (κ2) is 3.79. The van der Waals surface area contributed by atoms with E-state index in [-0.39, 0.29) is 12.4 Å². The van der Waals surface area contributed by atoms with Crippen molar-refractivity contribution < 1.29 is 9.90 Å². The Labute approximate surface area is 87.8 Å². The highest BCUT2D eigenvalue weighted by atomic mass is 32.1. The Kier molecular flexibility index (Phi) is 3.07. The van der Waals surface area contributed by atoms with Crippen LogP contribution < -0.4 is 0 Å². The lowest BCUT2D eigenvalue weighted by Gasteiger charge is -2.13. The highest BCUT2D eigenvalue weighted by Crippen LogP contribution is 2.25. The summed E-state index contributed by atoms with van der Waals surface area (Å²) < 4.78 is 0. The summed E-state index contributed by atoms with van der Waals surface area (Å²) in [5.41, 5.74) is 0.349. The fraction of sp³-hybridized carbons (Fsp3) is 0.600. The van der Waals surface area contributed by atoms with E-state index in [2.05, 4.69) is 4.98 Å². The molecule has 3 nitrogen and oxygen atoms in total. The number of aromatic nitrogens is 1. The predicted octanol–water partition coefficient (Wildman–Crippen LogP) is 2.17. The van der Waals surface area contributed by atoms with Gasteiger partial charge in [-0.3, -0.25) is 4.79 Å². The molecule has 0 fully saturated rings. The van der Waals surface area contributed by atoms with Gasteiger partial charge in [0.25, 0.3) is 0 Å². The number of aryl methyl sites for hydroxylation is 1. The third-order valence-electron chi connectivity index (χ3n) is 1.91. The average molecular weight is 213 g/mol. The quantitative estimate of drug-likeness (QED) is 0.766. The van der Waals surface area contributed by atoms with Crippen LogP contribution in [0.25, 0.3) is 0 Å². The minimum atomic E-state index is -0.406.